The zero-order valence-corrected chi connectivity index (χ0v) is 15.8. The van der Waals surface area contributed by atoms with Gasteiger partial charge in [0.1, 0.15) is 11.3 Å². The van der Waals surface area contributed by atoms with Crippen LogP contribution in [0.5, 0.6) is 0 Å². The van der Waals surface area contributed by atoms with E-state index >= 15 is 0 Å². The first-order chi connectivity index (χ1) is 12.2. The Labute approximate surface area is 155 Å². The second kappa shape index (κ2) is 5.03. The number of nitrogens with zero attached hydrogens (tertiary/aromatic N) is 1. The zero-order valence-electron chi connectivity index (χ0n) is 15.0. The maximum Gasteiger partial charge on any atom is 0.232 e. The average molecular weight is 376 g/mol. The Balaban J connectivity index is 1.46. The summed E-state index contributed by atoms with van der Waals surface area (Å²) in [6.07, 6.45) is 6.44. The van der Waals surface area contributed by atoms with Gasteiger partial charge in [0.05, 0.1) is 10.1 Å². The maximum atomic E-state index is 13.9. The smallest absolute Gasteiger partial charge is 0.232 e. The molecule has 1 amide bonds. The fourth-order valence-electron chi connectivity index (χ4n) is 6.94. The molecule has 1 N–H and O–H groups in total. The Hall–Kier alpha value is -1.56. The number of amides is 1. The summed E-state index contributed by atoms with van der Waals surface area (Å²) in [6, 6.07) is 2.09. The van der Waals surface area contributed by atoms with E-state index in [1.807, 2.05) is 0 Å². The molecule has 4 fully saturated rings. The van der Waals surface area contributed by atoms with Crippen LogP contribution in [0, 0.1) is 33.8 Å². The summed E-state index contributed by atoms with van der Waals surface area (Å²) in [5, 5.41) is 3.31. The van der Waals surface area contributed by atoms with Crippen LogP contribution < -0.4 is 5.32 Å². The molecule has 1 heterocycles. The molecule has 6 heteroatoms. The SMILES string of the molecule is CC12CC3CC(C)(C1)CC(C(=O)Nc1nc4c(F)cc(F)cc4s1)(C3)C2. The Morgan fingerprint density at radius 3 is 2.50 bits per heavy atom. The number of hydrogen-bond acceptors (Lipinski definition) is 3. The van der Waals surface area contributed by atoms with Crippen molar-refractivity contribution < 1.29 is 13.6 Å². The minimum absolute atomic E-state index is 0.0130. The molecule has 1 aromatic heterocycles. The highest BCUT2D eigenvalue weighted by molar-refractivity contribution is 7.22. The first-order valence-corrected chi connectivity index (χ1v) is 10.1. The topological polar surface area (TPSA) is 42.0 Å². The fraction of sp³-hybridized carbons (Fsp3) is 0.600. The van der Waals surface area contributed by atoms with E-state index in [4.69, 9.17) is 0 Å². The number of aromatic nitrogens is 1. The van der Waals surface area contributed by atoms with Crippen LogP contribution in [0.3, 0.4) is 0 Å². The van der Waals surface area contributed by atoms with E-state index in [9.17, 15) is 13.6 Å². The molecule has 2 atom stereocenters. The summed E-state index contributed by atoms with van der Waals surface area (Å²) in [5.74, 6) is -0.682. The van der Waals surface area contributed by atoms with E-state index in [0.29, 0.717) is 15.7 Å². The minimum Gasteiger partial charge on any atom is -0.301 e. The van der Waals surface area contributed by atoms with E-state index < -0.39 is 11.6 Å². The van der Waals surface area contributed by atoms with Crippen molar-refractivity contribution >= 4 is 32.6 Å². The van der Waals surface area contributed by atoms with Crippen LogP contribution in [0.25, 0.3) is 10.2 Å². The van der Waals surface area contributed by atoms with Crippen LogP contribution in [-0.2, 0) is 4.79 Å². The number of rotatable bonds is 2. The third kappa shape index (κ3) is 2.41. The molecule has 2 aromatic rings. The molecular formula is C20H22F2N2OS. The van der Waals surface area contributed by atoms with Gasteiger partial charge in [0, 0.05) is 6.07 Å². The molecule has 4 saturated carbocycles. The molecule has 0 radical (unpaired) electrons. The van der Waals surface area contributed by atoms with Crippen molar-refractivity contribution in [1.82, 2.24) is 4.98 Å². The highest BCUT2D eigenvalue weighted by atomic mass is 32.1. The largest absolute Gasteiger partial charge is 0.301 e. The highest BCUT2D eigenvalue weighted by Crippen LogP contribution is 2.69. The van der Waals surface area contributed by atoms with E-state index in [2.05, 4.69) is 24.1 Å². The quantitative estimate of drug-likeness (QED) is 0.751. The lowest BCUT2D eigenvalue weighted by Crippen LogP contribution is -2.58. The summed E-state index contributed by atoms with van der Waals surface area (Å²) >= 11 is 1.13. The van der Waals surface area contributed by atoms with E-state index in [1.165, 1.54) is 25.3 Å². The summed E-state index contributed by atoms with van der Waals surface area (Å²) < 4.78 is 27.7. The van der Waals surface area contributed by atoms with Gasteiger partial charge in [-0.15, -0.1) is 0 Å². The van der Waals surface area contributed by atoms with Crippen LogP contribution in [0.1, 0.15) is 52.4 Å². The Morgan fingerprint density at radius 1 is 1.15 bits per heavy atom. The van der Waals surface area contributed by atoms with Crippen molar-refractivity contribution in [3.8, 4) is 0 Å². The van der Waals surface area contributed by atoms with Crippen molar-refractivity contribution in [2.45, 2.75) is 52.4 Å². The molecule has 138 valence electrons. The second-order valence-corrected chi connectivity index (χ2v) is 10.6. The molecule has 4 bridgehead atoms. The fourth-order valence-corrected chi connectivity index (χ4v) is 7.84. The van der Waals surface area contributed by atoms with Gasteiger partial charge in [-0.25, -0.2) is 13.8 Å². The Morgan fingerprint density at radius 2 is 1.85 bits per heavy atom. The Bertz CT molecular complexity index is 921. The average Bonchev–Trinajstić information content (AvgIpc) is 2.86. The van der Waals surface area contributed by atoms with Gasteiger partial charge < -0.3 is 5.32 Å². The monoisotopic (exact) mass is 376 g/mol. The van der Waals surface area contributed by atoms with Crippen molar-refractivity contribution in [3.63, 3.8) is 0 Å². The molecule has 0 spiro atoms. The summed E-state index contributed by atoms with van der Waals surface area (Å²) in [7, 11) is 0. The number of nitrogens with one attached hydrogen (secondary N) is 1. The van der Waals surface area contributed by atoms with Gasteiger partial charge in [-0.05, 0) is 61.3 Å². The third-order valence-corrected chi connectivity index (χ3v) is 7.66. The van der Waals surface area contributed by atoms with Gasteiger partial charge in [-0.2, -0.15) is 0 Å². The minimum atomic E-state index is -0.688. The molecule has 6 rings (SSSR count). The molecule has 4 aliphatic rings. The second-order valence-electron chi connectivity index (χ2n) is 9.62. The molecule has 0 saturated heterocycles. The number of benzene rings is 1. The van der Waals surface area contributed by atoms with E-state index in [-0.39, 0.29) is 27.7 Å². The number of carbonyl (C=O) groups is 1. The van der Waals surface area contributed by atoms with Gasteiger partial charge in [0.25, 0.3) is 0 Å². The van der Waals surface area contributed by atoms with Crippen LogP contribution in [0.2, 0.25) is 0 Å². The predicted octanol–water partition coefficient (Wildman–Crippen LogP) is 5.51. The molecule has 1 aromatic carbocycles. The lowest BCUT2D eigenvalue weighted by Gasteiger charge is -2.64. The number of hydrogen-bond donors (Lipinski definition) is 1. The number of anilines is 1. The molecule has 0 aliphatic heterocycles. The molecule has 4 aliphatic carbocycles. The van der Waals surface area contributed by atoms with Crippen LogP contribution in [0.4, 0.5) is 13.9 Å². The van der Waals surface area contributed by atoms with Crippen molar-refractivity contribution in [2.75, 3.05) is 5.32 Å². The predicted molar refractivity (Wildman–Crippen MR) is 98.0 cm³/mol. The van der Waals surface area contributed by atoms with Crippen molar-refractivity contribution in [1.29, 1.82) is 0 Å². The standard InChI is InChI=1S/C20H22F2N2OS/c1-18-5-11-6-19(2,8-18)10-20(7-11,9-18)16(25)24-17-23-15-13(22)3-12(21)4-14(15)26-17/h3-4,11H,5-10H2,1-2H3,(H,23,24,25). The van der Waals surface area contributed by atoms with Crippen LogP contribution >= 0.6 is 11.3 Å². The summed E-state index contributed by atoms with van der Waals surface area (Å²) in [6.45, 7) is 4.65. The van der Waals surface area contributed by atoms with Crippen LogP contribution in [-0.4, -0.2) is 10.9 Å². The zero-order chi connectivity index (χ0) is 18.3. The molecule has 26 heavy (non-hydrogen) atoms. The van der Waals surface area contributed by atoms with E-state index in [1.54, 1.807) is 0 Å². The van der Waals surface area contributed by atoms with Gasteiger partial charge in [-0.3, -0.25) is 4.79 Å². The van der Waals surface area contributed by atoms with E-state index in [0.717, 1.165) is 36.7 Å². The van der Waals surface area contributed by atoms with Gasteiger partial charge in [0.15, 0.2) is 10.9 Å². The van der Waals surface area contributed by atoms with Gasteiger partial charge >= 0.3 is 0 Å². The molecule has 2 unspecified atom stereocenters. The van der Waals surface area contributed by atoms with Gasteiger partial charge in [0.2, 0.25) is 5.91 Å². The molecular weight excluding hydrogens is 354 g/mol. The van der Waals surface area contributed by atoms with Crippen LogP contribution in [0.15, 0.2) is 12.1 Å². The normalized spacial score (nSPS) is 38.1. The maximum absolute atomic E-state index is 13.9. The lowest BCUT2D eigenvalue weighted by atomic mass is 9.40. The Kier molecular flexibility index (Phi) is 3.21. The van der Waals surface area contributed by atoms with Crippen molar-refractivity contribution in [2.24, 2.45) is 22.2 Å². The summed E-state index contributed by atoms with van der Waals surface area (Å²) in [5.41, 5.74) is 0.267. The first kappa shape index (κ1) is 16.6. The highest BCUT2D eigenvalue weighted by Gasteiger charge is 2.62. The van der Waals surface area contributed by atoms with Gasteiger partial charge in [-0.1, -0.05) is 25.2 Å². The summed E-state index contributed by atoms with van der Waals surface area (Å²) in [4.78, 5) is 17.5. The number of halogens is 2. The molecule has 3 nitrogen and oxygen atoms in total. The van der Waals surface area contributed by atoms with Crippen molar-refractivity contribution in [3.05, 3.63) is 23.8 Å². The lowest BCUT2D eigenvalue weighted by molar-refractivity contribution is -0.165. The third-order valence-electron chi connectivity index (χ3n) is 6.74. The first-order valence-electron chi connectivity index (χ1n) is 9.25. The number of carbonyl (C=O) groups excluding carboxylic acids is 1. The number of fused-ring (bicyclic) bond motifs is 1. The number of thiazole rings is 1.